The highest BCUT2D eigenvalue weighted by atomic mass is 16.5. The Bertz CT molecular complexity index is 562. The maximum Gasteiger partial charge on any atom is 0.237 e. The second-order valence-corrected chi connectivity index (χ2v) is 7.59. The van der Waals surface area contributed by atoms with Gasteiger partial charge in [0.2, 0.25) is 5.91 Å². The van der Waals surface area contributed by atoms with Crippen LogP contribution in [0.3, 0.4) is 0 Å². The van der Waals surface area contributed by atoms with E-state index < -0.39 is 0 Å². The molecule has 0 radical (unpaired) electrons. The third-order valence-corrected chi connectivity index (χ3v) is 6.00. The summed E-state index contributed by atoms with van der Waals surface area (Å²) in [5, 5.41) is 4.23. The standard InChI is InChI=1S/C18H29N5O2/c24-18(23-9-10-25-17-7-2-1-6-16(17)23)12-21-8-4-3-5-15(21)11-22-14-19-13-20-22/h13-17H,1-12H2/t15-,16+,17+/m1/s1. The lowest BCUT2D eigenvalue weighted by molar-refractivity contribution is -0.151. The van der Waals surface area contributed by atoms with Gasteiger partial charge in [-0.15, -0.1) is 0 Å². The molecule has 2 aliphatic heterocycles. The van der Waals surface area contributed by atoms with Gasteiger partial charge in [0, 0.05) is 12.6 Å². The van der Waals surface area contributed by atoms with E-state index in [0.717, 1.165) is 38.9 Å². The first-order chi connectivity index (χ1) is 12.3. The molecular weight excluding hydrogens is 318 g/mol. The van der Waals surface area contributed by atoms with Crippen molar-refractivity contribution in [2.24, 2.45) is 0 Å². The van der Waals surface area contributed by atoms with E-state index in [4.69, 9.17) is 4.74 Å². The molecule has 1 aromatic heterocycles. The number of likely N-dealkylation sites (tertiary alicyclic amines) is 1. The number of carbonyl (C=O) groups excluding carboxylic acids is 1. The van der Waals surface area contributed by atoms with Crippen LogP contribution in [0.15, 0.2) is 12.7 Å². The highest BCUT2D eigenvalue weighted by Gasteiger charge is 2.37. The van der Waals surface area contributed by atoms with Gasteiger partial charge in [-0.1, -0.05) is 19.3 Å². The second-order valence-electron chi connectivity index (χ2n) is 7.59. The minimum atomic E-state index is 0.263. The van der Waals surface area contributed by atoms with Crippen LogP contribution in [0.2, 0.25) is 0 Å². The van der Waals surface area contributed by atoms with Crippen molar-refractivity contribution in [3.63, 3.8) is 0 Å². The second kappa shape index (κ2) is 7.83. The van der Waals surface area contributed by atoms with E-state index in [1.165, 1.54) is 25.7 Å². The fourth-order valence-corrected chi connectivity index (χ4v) is 4.69. The van der Waals surface area contributed by atoms with Crippen LogP contribution in [0.25, 0.3) is 0 Å². The van der Waals surface area contributed by atoms with Gasteiger partial charge in [0.1, 0.15) is 12.7 Å². The molecule has 1 amide bonds. The predicted molar refractivity (Wildman–Crippen MR) is 92.9 cm³/mol. The van der Waals surface area contributed by atoms with Crippen LogP contribution in [0.5, 0.6) is 0 Å². The van der Waals surface area contributed by atoms with Crippen molar-refractivity contribution in [2.45, 2.75) is 69.7 Å². The summed E-state index contributed by atoms with van der Waals surface area (Å²) in [6.45, 7) is 3.80. The Morgan fingerprint density at radius 2 is 2.00 bits per heavy atom. The molecule has 2 saturated heterocycles. The molecule has 0 unspecified atom stereocenters. The largest absolute Gasteiger partial charge is 0.374 e. The summed E-state index contributed by atoms with van der Waals surface area (Å²) < 4.78 is 7.81. The lowest BCUT2D eigenvalue weighted by Crippen LogP contribution is -2.57. The van der Waals surface area contributed by atoms with Crippen LogP contribution in [-0.4, -0.2) is 74.9 Å². The third kappa shape index (κ3) is 3.87. The number of piperidine rings is 1. The van der Waals surface area contributed by atoms with Gasteiger partial charge in [-0.3, -0.25) is 14.4 Å². The van der Waals surface area contributed by atoms with Crippen molar-refractivity contribution in [3.05, 3.63) is 12.7 Å². The number of aromatic nitrogens is 3. The Balaban J connectivity index is 1.39. The van der Waals surface area contributed by atoms with Crippen LogP contribution < -0.4 is 0 Å². The molecule has 3 fully saturated rings. The number of hydrogen-bond donors (Lipinski definition) is 0. The Labute approximate surface area is 149 Å². The smallest absolute Gasteiger partial charge is 0.237 e. The molecule has 0 N–H and O–H groups in total. The number of nitrogens with zero attached hydrogens (tertiary/aromatic N) is 5. The fraction of sp³-hybridized carbons (Fsp3) is 0.833. The number of rotatable bonds is 4. The summed E-state index contributed by atoms with van der Waals surface area (Å²) in [7, 11) is 0. The number of morpholine rings is 1. The highest BCUT2D eigenvalue weighted by Crippen LogP contribution is 2.29. The van der Waals surface area contributed by atoms with Gasteiger partial charge in [-0.05, 0) is 32.2 Å². The summed E-state index contributed by atoms with van der Waals surface area (Å²) in [6.07, 6.45) is 11.8. The minimum absolute atomic E-state index is 0.263. The summed E-state index contributed by atoms with van der Waals surface area (Å²) in [5.41, 5.74) is 0. The molecule has 0 bridgehead atoms. The summed E-state index contributed by atoms with van der Waals surface area (Å²) in [5.74, 6) is 0.283. The van der Waals surface area contributed by atoms with E-state index in [2.05, 4.69) is 19.9 Å². The monoisotopic (exact) mass is 347 g/mol. The zero-order valence-corrected chi connectivity index (χ0v) is 14.9. The van der Waals surface area contributed by atoms with Gasteiger partial charge in [-0.25, -0.2) is 4.98 Å². The molecule has 138 valence electrons. The van der Waals surface area contributed by atoms with Gasteiger partial charge < -0.3 is 9.64 Å². The average molecular weight is 347 g/mol. The molecule has 3 heterocycles. The fourth-order valence-electron chi connectivity index (χ4n) is 4.69. The van der Waals surface area contributed by atoms with E-state index in [1.807, 2.05) is 4.68 Å². The molecule has 0 aromatic carbocycles. The van der Waals surface area contributed by atoms with Crippen molar-refractivity contribution < 1.29 is 9.53 Å². The van der Waals surface area contributed by atoms with Crippen LogP contribution in [0.4, 0.5) is 0 Å². The molecule has 0 spiro atoms. The van der Waals surface area contributed by atoms with E-state index in [0.29, 0.717) is 25.2 Å². The third-order valence-electron chi connectivity index (χ3n) is 6.00. The number of hydrogen-bond acceptors (Lipinski definition) is 5. The molecule has 1 aliphatic carbocycles. The van der Waals surface area contributed by atoms with E-state index in [-0.39, 0.29) is 12.0 Å². The number of fused-ring (bicyclic) bond motifs is 1. The number of amides is 1. The van der Waals surface area contributed by atoms with Gasteiger partial charge >= 0.3 is 0 Å². The summed E-state index contributed by atoms with van der Waals surface area (Å²) in [4.78, 5) is 21.6. The molecule has 1 saturated carbocycles. The van der Waals surface area contributed by atoms with Crippen LogP contribution in [0, 0.1) is 0 Å². The van der Waals surface area contributed by atoms with E-state index in [1.54, 1.807) is 12.7 Å². The van der Waals surface area contributed by atoms with Gasteiger partial charge in [-0.2, -0.15) is 5.10 Å². The molecule has 7 nitrogen and oxygen atoms in total. The van der Waals surface area contributed by atoms with E-state index in [9.17, 15) is 4.79 Å². The van der Waals surface area contributed by atoms with Crippen molar-refractivity contribution in [1.29, 1.82) is 0 Å². The normalized spacial score (nSPS) is 30.9. The lowest BCUT2D eigenvalue weighted by Gasteiger charge is -2.45. The SMILES string of the molecule is O=C(CN1CCCC[C@@H]1Cn1cncn1)N1CCO[C@H]2CCCC[C@@H]21. The van der Waals surface area contributed by atoms with Gasteiger partial charge in [0.15, 0.2) is 0 Å². The van der Waals surface area contributed by atoms with Crippen LogP contribution in [-0.2, 0) is 16.1 Å². The topological polar surface area (TPSA) is 63.5 Å². The van der Waals surface area contributed by atoms with E-state index >= 15 is 0 Å². The Morgan fingerprint density at radius 1 is 1.12 bits per heavy atom. The van der Waals surface area contributed by atoms with Crippen molar-refractivity contribution in [2.75, 3.05) is 26.2 Å². The molecular formula is C18H29N5O2. The number of ether oxygens (including phenoxy) is 1. The summed E-state index contributed by atoms with van der Waals surface area (Å²) in [6, 6.07) is 0.677. The Hall–Kier alpha value is -1.47. The molecule has 7 heteroatoms. The van der Waals surface area contributed by atoms with Gasteiger partial charge in [0.05, 0.1) is 31.8 Å². The highest BCUT2D eigenvalue weighted by molar-refractivity contribution is 5.79. The van der Waals surface area contributed by atoms with Crippen molar-refractivity contribution >= 4 is 5.91 Å². The lowest BCUT2D eigenvalue weighted by atomic mass is 9.90. The average Bonchev–Trinajstić information content (AvgIpc) is 3.16. The quantitative estimate of drug-likeness (QED) is 0.822. The first kappa shape index (κ1) is 17.0. The molecule has 3 atom stereocenters. The molecule has 1 aromatic rings. The molecule has 25 heavy (non-hydrogen) atoms. The van der Waals surface area contributed by atoms with Gasteiger partial charge in [0.25, 0.3) is 0 Å². The van der Waals surface area contributed by atoms with Crippen molar-refractivity contribution in [3.8, 4) is 0 Å². The minimum Gasteiger partial charge on any atom is -0.374 e. The Morgan fingerprint density at radius 3 is 2.88 bits per heavy atom. The summed E-state index contributed by atoms with van der Waals surface area (Å²) >= 11 is 0. The molecule has 3 aliphatic rings. The van der Waals surface area contributed by atoms with Crippen LogP contribution in [0.1, 0.15) is 44.9 Å². The number of carbonyl (C=O) groups is 1. The zero-order chi connectivity index (χ0) is 17.1. The first-order valence-electron chi connectivity index (χ1n) is 9.79. The zero-order valence-electron chi connectivity index (χ0n) is 14.9. The van der Waals surface area contributed by atoms with Crippen molar-refractivity contribution in [1.82, 2.24) is 24.6 Å². The first-order valence-corrected chi connectivity index (χ1v) is 9.79. The predicted octanol–water partition coefficient (Wildman–Crippen LogP) is 1.30. The molecule has 4 rings (SSSR count). The maximum absolute atomic E-state index is 13.1. The maximum atomic E-state index is 13.1. The van der Waals surface area contributed by atoms with Crippen LogP contribution >= 0.6 is 0 Å². The Kier molecular flexibility index (Phi) is 5.31.